The number of carboxylic acids is 1. The van der Waals surface area contributed by atoms with Crippen LogP contribution in [-0.4, -0.2) is 27.9 Å². The Morgan fingerprint density at radius 1 is 1.60 bits per heavy atom. The van der Waals surface area contributed by atoms with Gasteiger partial charge in [-0.25, -0.2) is 0 Å². The van der Waals surface area contributed by atoms with Crippen LogP contribution < -0.4 is 5.73 Å². The Hall–Kier alpha value is -1.36. The molecule has 0 aliphatic heterocycles. The zero-order valence-electron chi connectivity index (χ0n) is 9.31. The second-order valence-corrected chi connectivity index (χ2v) is 2.96. The average molecular weight is 213 g/mol. The summed E-state index contributed by atoms with van der Waals surface area (Å²) in [5, 5.41) is 12.7. The molecule has 0 saturated heterocycles. The zero-order valence-corrected chi connectivity index (χ0v) is 9.31. The first kappa shape index (κ1) is 13.6. The van der Waals surface area contributed by atoms with Crippen molar-refractivity contribution in [3.05, 3.63) is 18.0 Å². The molecule has 5 nitrogen and oxygen atoms in total. The summed E-state index contributed by atoms with van der Waals surface area (Å²) in [7, 11) is 1.50. The van der Waals surface area contributed by atoms with Crippen LogP contribution in [0.1, 0.15) is 25.5 Å². The van der Waals surface area contributed by atoms with Gasteiger partial charge in [0.25, 0.3) is 0 Å². The fourth-order valence-corrected chi connectivity index (χ4v) is 1.13. The summed E-state index contributed by atoms with van der Waals surface area (Å²) in [6.45, 7) is 2.98. The highest BCUT2D eigenvalue weighted by molar-refractivity contribution is 5.66. The number of rotatable bonds is 5. The van der Waals surface area contributed by atoms with Crippen LogP contribution in [0.25, 0.3) is 0 Å². The molecule has 0 bridgehead atoms. The summed E-state index contributed by atoms with van der Waals surface area (Å²) in [5.41, 5.74) is 5.36. The SMILES string of the molecule is CCCn1ccc(CCC(=O)O)n1.CN. The molecule has 1 heterocycles. The standard InChI is InChI=1S/C9H14N2O2.CH5N/c1-2-6-11-7-5-8(10-11)3-4-9(12)13;1-2/h5,7H,2-4,6H2,1H3,(H,12,13);2H2,1H3. The fourth-order valence-electron chi connectivity index (χ4n) is 1.13. The van der Waals surface area contributed by atoms with E-state index in [-0.39, 0.29) is 6.42 Å². The Bertz CT molecular complexity index is 284. The van der Waals surface area contributed by atoms with Crippen LogP contribution in [0.3, 0.4) is 0 Å². The maximum Gasteiger partial charge on any atom is 0.303 e. The molecule has 0 amide bonds. The van der Waals surface area contributed by atoms with Crippen molar-refractivity contribution in [1.29, 1.82) is 0 Å². The van der Waals surface area contributed by atoms with Crippen LogP contribution in [-0.2, 0) is 17.8 Å². The lowest BCUT2D eigenvalue weighted by Gasteiger charge is -1.95. The molecule has 0 spiro atoms. The number of hydrogen-bond acceptors (Lipinski definition) is 3. The highest BCUT2D eigenvalue weighted by Crippen LogP contribution is 2.00. The minimum absolute atomic E-state index is 0.156. The van der Waals surface area contributed by atoms with E-state index in [1.165, 1.54) is 7.05 Å². The predicted octanol–water partition coefficient (Wildman–Crippen LogP) is 0.885. The largest absolute Gasteiger partial charge is 0.481 e. The molecule has 0 saturated carbocycles. The molecule has 15 heavy (non-hydrogen) atoms. The van der Waals surface area contributed by atoms with Gasteiger partial charge < -0.3 is 10.8 Å². The quantitative estimate of drug-likeness (QED) is 0.761. The molecule has 0 atom stereocenters. The van der Waals surface area contributed by atoms with E-state index in [2.05, 4.69) is 17.8 Å². The van der Waals surface area contributed by atoms with Crippen molar-refractivity contribution in [2.75, 3.05) is 7.05 Å². The Labute approximate surface area is 89.9 Å². The minimum Gasteiger partial charge on any atom is -0.481 e. The lowest BCUT2D eigenvalue weighted by Crippen LogP contribution is -2.01. The number of nitrogens with two attached hydrogens (primary N) is 1. The van der Waals surface area contributed by atoms with E-state index in [1.54, 1.807) is 0 Å². The van der Waals surface area contributed by atoms with Gasteiger partial charge in [0.2, 0.25) is 0 Å². The molecule has 86 valence electrons. The number of aliphatic carboxylic acids is 1. The molecule has 0 fully saturated rings. The van der Waals surface area contributed by atoms with E-state index in [9.17, 15) is 4.79 Å². The normalized spacial score (nSPS) is 9.27. The number of hydrogen-bond donors (Lipinski definition) is 2. The van der Waals surface area contributed by atoms with Crippen LogP contribution in [0.15, 0.2) is 12.3 Å². The smallest absolute Gasteiger partial charge is 0.303 e. The van der Waals surface area contributed by atoms with Crippen LogP contribution in [0, 0.1) is 0 Å². The third-order valence-electron chi connectivity index (χ3n) is 1.74. The average Bonchev–Trinajstić information content (AvgIpc) is 2.67. The first-order chi connectivity index (χ1) is 7.22. The van der Waals surface area contributed by atoms with E-state index in [0.29, 0.717) is 6.42 Å². The molecular formula is C10H19N3O2. The van der Waals surface area contributed by atoms with Crippen molar-refractivity contribution in [2.45, 2.75) is 32.7 Å². The Morgan fingerprint density at radius 2 is 2.27 bits per heavy atom. The summed E-state index contributed by atoms with van der Waals surface area (Å²) in [6.07, 6.45) is 3.61. The van der Waals surface area contributed by atoms with E-state index in [1.807, 2.05) is 16.9 Å². The molecule has 0 aromatic carbocycles. The summed E-state index contributed by atoms with van der Waals surface area (Å²) < 4.78 is 1.84. The number of nitrogens with zero attached hydrogens (tertiary/aromatic N) is 2. The van der Waals surface area contributed by atoms with Gasteiger partial charge in [-0.15, -0.1) is 0 Å². The van der Waals surface area contributed by atoms with Gasteiger partial charge in [-0.1, -0.05) is 6.92 Å². The molecule has 0 radical (unpaired) electrons. The lowest BCUT2D eigenvalue weighted by molar-refractivity contribution is -0.136. The fraction of sp³-hybridized carbons (Fsp3) is 0.600. The third-order valence-corrected chi connectivity index (χ3v) is 1.74. The predicted molar refractivity (Wildman–Crippen MR) is 58.6 cm³/mol. The van der Waals surface area contributed by atoms with Crippen molar-refractivity contribution in [3.63, 3.8) is 0 Å². The molecule has 0 aliphatic rings. The third kappa shape index (κ3) is 5.85. The first-order valence-electron chi connectivity index (χ1n) is 5.04. The minimum atomic E-state index is -0.773. The molecule has 0 unspecified atom stereocenters. The Morgan fingerprint density at radius 3 is 2.80 bits per heavy atom. The van der Waals surface area contributed by atoms with Crippen LogP contribution >= 0.6 is 0 Å². The van der Waals surface area contributed by atoms with E-state index >= 15 is 0 Å². The van der Waals surface area contributed by atoms with Crippen molar-refractivity contribution < 1.29 is 9.90 Å². The zero-order chi connectivity index (χ0) is 11.7. The summed E-state index contributed by atoms with van der Waals surface area (Å²) >= 11 is 0. The van der Waals surface area contributed by atoms with Crippen molar-refractivity contribution in [1.82, 2.24) is 9.78 Å². The highest BCUT2D eigenvalue weighted by Gasteiger charge is 2.01. The van der Waals surface area contributed by atoms with Gasteiger partial charge in [-0.05, 0) is 19.5 Å². The number of carboxylic acid groups (broad SMARTS) is 1. The van der Waals surface area contributed by atoms with Gasteiger partial charge >= 0.3 is 5.97 Å². The summed E-state index contributed by atoms with van der Waals surface area (Å²) in [4.78, 5) is 10.3. The van der Waals surface area contributed by atoms with E-state index < -0.39 is 5.97 Å². The van der Waals surface area contributed by atoms with E-state index in [4.69, 9.17) is 5.11 Å². The second-order valence-electron chi connectivity index (χ2n) is 2.96. The van der Waals surface area contributed by atoms with Crippen molar-refractivity contribution in [3.8, 4) is 0 Å². The Balaban J connectivity index is 0.000000921. The van der Waals surface area contributed by atoms with Crippen LogP contribution in [0.5, 0.6) is 0 Å². The van der Waals surface area contributed by atoms with Gasteiger partial charge in [0, 0.05) is 19.2 Å². The number of aryl methyl sites for hydroxylation is 2. The number of carbonyl (C=O) groups is 1. The molecule has 1 aromatic heterocycles. The van der Waals surface area contributed by atoms with E-state index in [0.717, 1.165) is 18.7 Å². The monoisotopic (exact) mass is 213 g/mol. The van der Waals surface area contributed by atoms with Crippen LogP contribution in [0.2, 0.25) is 0 Å². The van der Waals surface area contributed by atoms with Gasteiger partial charge in [0.05, 0.1) is 12.1 Å². The highest BCUT2D eigenvalue weighted by atomic mass is 16.4. The maximum absolute atomic E-state index is 10.3. The maximum atomic E-state index is 10.3. The van der Waals surface area contributed by atoms with Crippen molar-refractivity contribution in [2.24, 2.45) is 5.73 Å². The molecule has 5 heteroatoms. The first-order valence-corrected chi connectivity index (χ1v) is 5.04. The topological polar surface area (TPSA) is 81.1 Å². The second kappa shape index (κ2) is 7.99. The lowest BCUT2D eigenvalue weighted by atomic mass is 10.2. The molecule has 1 rings (SSSR count). The molecule has 0 aliphatic carbocycles. The summed E-state index contributed by atoms with van der Waals surface area (Å²) in [5.74, 6) is -0.773. The van der Waals surface area contributed by atoms with Gasteiger partial charge in [-0.3, -0.25) is 9.48 Å². The molecule has 3 N–H and O–H groups in total. The molecular weight excluding hydrogens is 194 g/mol. The van der Waals surface area contributed by atoms with Gasteiger partial charge in [-0.2, -0.15) is 5.10 Å². The van der Waals surface area contributed by atoms with Gasteiger partial charge in [0.15, 0.2) is 0 Å². The van der Waals surface area contributed by atoms with Crippen molar-refractivity contribution >= 4 is 5.97 Å². The number of aromatic nitrogens is 2. The van der Waals surface area contributed by atoms with Crippen LogP contribution in [0.4, 0.5) is 0 Å². The molecule has 1 aromatic rings. The van der Waals surface area contributed by atoms with Gasteiger partial charge in [0.1, 0.15) is 0 Å². The summed E-state index contributed by atoms with van der Waals surface area (Å²) in [6, 6.07) is 1.87. The Kier molecular flexibility index (Phi) is 7.27.